The number of aromatic hydroxyl groups is 2. The second-order valence-electron chi connectivity index (χ2n) is 21.9. The monoisotopic (exact) mass is 1020 g/mol. The lowest BCUT2D eigenvalue weighted by Gasteiger charge is -2.58. The number of allylic oxidation sites excluding steroid dienone is 7. The van der Waals surface area contributed by atoms with E-state index in [1.807, 2.05) is 30.3 Å². The third-order valence-electron chi connectivity index (χ3n) is 17.1. The maximum absolute atomic E-state index is 12.8. The van der Waals surface area contributed by atoms with Crippen LogP contribution in [0.3, 0.4) is 0 Å². The molecule has 6 atom stereocenters. The van der Waals surface area contributed by atoms with Gasteiger partial charge in [0, 0.05) is 25.3 Å². The lowest BCUT2D eigenvalue weighted by atomic mass is 9.47. The third kappa shape index (κ3) is 12.2. The van der Waals surface area contributed by atoms with Crippen molar-refractivity contribution in [2.45, 2.75) is 119 Å². The van der Waals surface area contributed by atoms with E-state index in [1.165, 1.54) is 57.1 Å². The molecule has 0 aromatic heterocycles. The quantitative estimate of drug-likeness (QED) is 0.0835. The molecular weight excluding hydrogens is 943 g/mol. The Bertz CT molecular complexity index is 2880. The molecule has 8 heteroatoms. The van der Waals surface area contributed by atoms with Crippen molar-refractivity contribution in [3.63, 3.8) is 0 Å². The highest BCUT2D eigenvalue weighted by atomic mass is 16.6. The molecule has 400 valence electrons. The van der Waals surface area contributed by atoms with E-state index < -0.39 is 5.60 Å². The van der Waals surface area contributed by atoms with Crippen LogP contribution < -0.4 is 4.74 Å². The van der Waals surface area contributed by atoms with Crippen molar-refractivity contribution in [2.24, 2.45) is 28.6 Å². The fourth-order valence-electron chi connectivity index (χ4n) is 13.3. The molecule has 76 heavy (non-hydrogen) atoms. The van der Waals surface area contributed by atoms with Crippen LogP contribution in [0, 0.1) is 28.6 Å². The average Bonchev–Trinajstić information content (AvgIpc) is 3.82. The molecule has 5 aromatic rings. The molecule has 0 heterocycles. The Labute approximate surface area is 453 Å². The zero-order valence-electron chi connectivity index (χ0n) is 46.7. The molecule has 2 N–H and O–H groups in total. The molecule has 0 aliphatic heterocycles. The Kier molecular flexibility index (Phi) is 18.7. The van der Waals surface area contributed by atoms with E-state index in [0.29, 0.717) is 37.2 Å². The summed E-state index contributed by atoms with van der Waals surface area (Å²) in [5.41, 5.74) is 12.3. The van der Waals surface area contributed by atoms with Crippen LogP contribution in [0.15, 0.2) is 157 Å². The minimum absolute atomic E-state index is 0.0160. The molecule has 4 aliphatic rings. The number of esters is 1. The molecule has 2 fully saturated rings. The molecule has 2 saturated carbocycles. The number of phenols is 2. The number of nitrogens with zero attached hydrogens (tertiary/aromatic N) is 1. The van der Waals surface area contributed by atoms with Gasteiger partial charge in [-0.1, -0.05) is 143 Å². The van der Waals surface area contributed by atoms with Crippen LogP contribution in [-0.4, -0.2) is 65.5 Å². The molecule has 8 nitrogen and oxygen atoms in total. The summed E-state index contributed by atoms with van der Waals surface area (Å²) in [6.45, 7) is 17.7. The Morgan fingerprint density at radius 2 is 1.12 bits per heavy atom. The lowest BCUT2D eigenvalue weighted by molar-refractivity contribution is -0.185. The van der Waals surface area contributed by atoms with Gasteiger partial charge in [-0.05, 0) is 201 Å². The summed E-state index contributed by atoms with van der Waals surface area (Å²) in [6, 6.07) is 44.5. The lowest BCUT2D eigenvalue weighted by Crippen LogP contribution is -2.58. The van der Waals surface area contributed by atoms with Crippen molar-refractivity contribution in [3.05, 3.63) is 185 Å². The summed E-state index contributed by atoms with van der Waals surface area (Å²) in [6.07, 6.45) is 12.0. The van der Waals surface area contributed by atoms with Crippen molar-refractivity contribution in [1.29, 1.82) is 0 Å². The highest BCUT2D eigenvalue weighted by molar-refractivity contribution is 5.99. The first-order valence-corrected chi connectivity index (χ1v) is 27.6. The van der Waals surface area contributed by atoms with Crippen LogP contribution in [0.4, 0.5) is 0 Å². The Hall–Kier alpha value is -6.77. The van der Waals surface area contributed by atoms with Gasteiger partial charge in [0.2, 0.25) is 0 Å². The predicted molar refractivity (Wildman–Crippen MR) is 310 cm³/mol. The van der Waals surface area contributed by atoms with E-state index in [2.05, 4.69) is 152 Å². The highest BCUT2D eigenvalue weighted by Crippen LogP contribution is 2.68. The average molecular weight is 1020 g/mol. The Morgan fingerprint density at radius 1 is 0.632 bits per heavy atom. The maximum atomic E-state index is 12.8. The number of hydrogen-bond acceptors (Lipinski definition) is 8. The number of carbonyl (C=O) groups is 3. The number of carbonyl (C=O) groups excluding carboxylic acids is 3. The number of fused-ring (bicyclic) bond motifs is 5. The summed E-state index contributed by atoms with van der Waals surface area (Å²) >= 11 is 0. The van der Waals surface area contributed by atoms with E-state index >= 15 is 0 Å². The summed E-state index contributed by atoms with van der Waals surface area (Å²) in [7, 11) is 4.11. The van der Waals surface area contributed by atoms with E-state index in [4.69, 9.17) is 9.47 Å². The van der Waals surface area contributed by atoms with Gasteiger partial charge in [0.15, 0.2) is 17.2 Å². The normalized spacial score (nSPS) is 24.0. The van der Waals surface area contributed by atoms with Crippen LogP contribution in [0.2, 0.25) is 0 Å². The van der Waals surface area contributed by atoms with Gasteiger partial charge in [-0.2, -0.15) is 0 Å². The fourth-order valence-corrected chi connectivity index (χ4v) is 13.3. The standard InChI is InChI=1S/C26H29NO.C24H32O4.C18H20O2/c1-4-25(21-11-7-5-8-12-21)26(22-13-9-6-10-14-22)23-15-17-24(18-16-23)28-20-19-27(2)3;1-14-12-18-19(22(4)9-6-17(27)13-21(14)22)7-10-23(5)20(18)8-11-24(23,15(2)25)28-16(3)26;1-3-17(13-5-9-15(19)10-6-13)18(4-2)14-7-11-16(20)12-8-14/h5-18H,4,19-20H2,1-3H3;12-13,18-20H,6-11H2,1-5H3;5-12,19-20H,3-4H2,1-2H3/b26-25-;;18-17+/t;18-,19+,20+,22-,23+,24+;/m.1./s1. The SMILES string of the molecule is CC(=O)O[C@]1(C(C)=O)CC[C@H]2[C@@H]3C=C(C)C4=CC(=O)CC[C@]4(C)[C@H]3CC[C@@]21C.CC/C(=C(/CC)c1ccc(O)cc1)c1ccc(O)cc1.CC/C(=C(\c1ccccc1)c1ccc(OCCN(C)C)cc1)c1ccccc1. The maximum Gasteiger partial charge on any atom is 0.303 e. The molecule has 0 bridgehead atoms. The molecule has 5 aromatic carbocycles. The van der Waals surface area contributed by atoms with Gasteiger partial charge in [0.05, 0.1) is 0 Å². The molecule has 0 saturated heterocycles. The molecule has 0 radical (unpaired) electrons. The van der Waals surface area contributed by atoms with Crippen LogP contribution >= 0.6 is 0 Å². The van der Waals surface area contributed by atoms with Crippen molar-refractivity contribution >= 4 is 39.8 Å². The van der Waals surface area contributed by atoms with E-state index in [0.717, 1.165) is 68.4 Å². The Balaban J connectivity index is 0.000000169. The van der Waals surface area contributed by atoms with Crippen LogP contribution in [0.1, 0.15) is 141 Å². The van der Waals surface area contributed by atoms with Crippen molar-refractivity contribution in [1.82, 2.24) is 4.90 Å². The largest absolute Gasteiger partial charge is 0.508 e. The van der Waals surface area contributed by atoms with Crippen LogP contribution in [0.5, 0.6) is 17.2 Å². The fraction of sp³-hybridized carbons (Fsp3) is 0.397. The van der Waals surface area contributed by atoms with E-state index in [1.54, 1.807) is 31.2 Å². The topological polar surface area (TPSA) is 113 Å². The van der Waals surface area contributed by atoms with Crippen LogP contribution in [0.25, 0.3) is 22.3 Å². The number of ketones is 2. The van der Waals surface area contributed by atoms with E-state index in [9.17, 15) is 24.6 Å². The van der Waals surface area contributed by atoms with Crippen molar-refractivity contribution in [3.8, 4) is 17.2 Å². The van der Waals surface area contributed by atoms with Gasteiger partial charge in [0.1, 0.15) is 23.9 Å². The smallest absolute Gasteiger partial charge is 0.303 e. The third-order valence-corrected chi connectivity index (χ3v) is 17.1. The number of ether oxygens (including phenoxy) is 2. The summed E-state index contributed by atoms with van der Waals surface area (Å²) in [5, 5.41) is 18.8. The summed E-state index contributed by atoms with van der Waals surface area (Å²) < 4.78 is 11.7. The number of likely N-dealkylation sites (N-methyl/N-ethyl adjacent to an activating group) is 1. The number of phenolic OH excluding ortho intramolecular Hbond substituents is 2. The molecule has 4 aliphatic carbocycles. The van der Waals surface area contributed by atoms with E-state index in [-0.39, 0.29) is 39.9 Å². The molecule has 0 amide bonds. The van der Waals surface area contributed by atoms with Gasteiger partial charge in [0.25, 0.3) is 0 Å². The molecular formula is C68H81NO7. The number of Topliss-reactive ketones (excluding diaryl/α,β-unsaturated/α-hetero) is 1. The Morgan fingerprint density at radius 3 is 1.62 bits per heavy atom. The zero-order chi connectivity index (χ0) is 54.8. The number of benzene rings is 5. The molecule has 0 unspecified atom stereocenters. The van der Waals surface area contributed by atoms with Crippen molar-refractivity contribution in [2.75, 3.05) is 27.2 Å². The zero-order valence-corrected chi connectivity index (χ0v) is 46.7. The highest BCUT2D eigenvalue weighted by Gasteiger charge is 2.67. The predicted octanol–water partition coefficient (Wildman–Crippen LogP) is 15.4. The second-order valence-corrected chi connectivity index (χ2v) is 21.9. The van der Waals surface area contributed by atoms with Gasteiger partial charge in [-0.15, -0.1) is 0 Å². The van der Waals surface area contributed by atoms with Crippen LogP contribution in [-0.2, 0) is 19.1 Å². The minimum Gasteiger partial charge on any atom is -0.508 e. The summed E-state index contributed by atoms with van der Waals surface area (Å²) in [5.74, 6) is 2.51. The first kappa shape index (κ1) is 56.9. The number of hydrogen-bond donors (Lipinski definition) is 2. The van der Waals surface area contributed by atoms with Gasteiger partial charge < -0.3 is 24.6 Å². The number of rotatable bonds is 14. The van der Waals surface area contributed by atoms with Gasteiger partial charge in [-0.3, -0.25) is 14.4 Å². The van der Waals surface area contributed by atoms with Gasteiger partial charge in [-0.25, -0.2) is 0 Å². The first-order chi connectivity index (χ1) is 36.4. The second kappa shape index (κ2) is 24.9. The van der Waals surface area contributed by atoms with Crippen molar-refractivity contribution < 1.29 is 34.1 Å². The molecule has 9 rings (SSSR count). The summed E-state index contributed by atoms with van der Waals surface area (Å²) in [4.78, 5) is 38.9. The minimum atomic E-state index is -0.990. The first-order valence-electron chi connectivity index (χ1n) is 27.6. The van der Waals surface area contributed by atoms with Gasteiger partial charge >= 0.3 is 5.97 Å². The molecule has 0 spiro atoms.